The maximum atomic E-state index is 12.9. The largest absolute Gasteiger partial charge is 0.465 e. The molecule has 4 rings (SSSR count). The molecule has 1 fully saturated rings. The summed E-state index contributed by atoms with van der Waals surface area (Å²) in [5.74, 6) is 0.861. The summed E-state index contributed by atoms with van der Waals surface area (Å²) in [7, 11) is 1.35. The molecule has 0 atom stereocenters. The van der Waals surface area contributed by atoms with Gasteiger partial charge in [-0.1, -0.05) is 67.4 Å². The van der Waals surface area contributed by atoms with Gasteiger partial charge in [-0.2, -0.15) is 0 Å². The number of aromatic nitrogens is 3. The second kappa shape index (κ2) is 11.7. The Morgan fingerprint density at radius 2 is 1.97 bits per heavy atom. The van der Waals surface area contributed by atoms with E-state index in [1.807, 2.05) is 43.3 Å². The number of aryl methyl sites for hydroxylation is 1. The van der Waals surface area contributed by atoms with Crippen molar-refractivity contribution in [3.8, 4) is 11.1 Å². The van der Waals surface area contributed by atoms with E-state index in [2.05, 4.69) is 26.7 Å². The van der Waals surface area contributed by atoms with Crippen LogP contribution in [0.4, 0.5) is 5.00 Å². The second-order valence-corrected chi connectivity index (χ2v) is 10.7. The van der Waals surface area contributed by atoms with Crippen molar-refractivity contribution in [3.05, 3.63) is 59.3 Å². The predicted octanol–water partition coefficient (Wildman–Crippen LogP) is 6.07. The predicted molar refractivity (Wildman–Crippen MR) is 141 cm³/mol. The quantitative estimate of drug-likeness (QED) is 0.214. The summed E-state index contributed by atoms with van der Waals surface area (Å²) in [6.07, 6.45) is 7.78. The molecule has 1 N–H and O–H groups in total. The number of amides is 1. The Morgan fingerprint density at radius 3 is 2.66 bits per heavy atom. The minimum absolute atomic E-state index is 0.151. The fraction of sp³-hybridized carbons (Fsp3) is 0.385. The molecule has 1 amide bonds. The lowest BCUT2D eigenvalue weighted by Gasteiger charge is -2.21. The average Bonchev–Trinajstić information content (AvgIpc) is 3.43. The molecular weight excluding hydrogens is 480 g/mol. The van der Waals surface area contributed by atoms with Crippen LogP contribution in [0, 0.1) is 6.92 Å². The van der Waals surface area contributed by atoms with Gasteiger partial charge in [0.05, 0.1) is 12.9 Å². The highest BCUT2D eigenvalue weighted by atomic mass is 32.2. The van der Waals surface area contributed by atoms with E-state index in [0.29, 0.717) is 28.2 Å². The number of nitrogens with zero attached hydrogens (tertiary/aromatic N) is 3. The lowest BCUT2D eigenvalue weighted by Crippen LogP contribution is -2.17. The van der Waals surface area contributed by atoms with E-state index in [1.54, 1.807) is 0 Å². The maximum absolute atomic E-state index is 12.9. The van der Waals surface area contributed by atoms with Gasteiger partial charge in [-0.15, -0.1) is 28.1 Å². The zero-order valence-corrected chi connectivity index (χ0v) is 21.7. The summed E-state index contributed by atoms with van der Waals surface area (Å²) in [5.41, 5.74) is 2.08. The van der Waals surface area contributed by atoms with Gasteiger partial charge in [0.15, 0.2) is 5.16 Å². The smallest absolute Gasteiger partial charge is 0.341 e. The summed E-state index contributed by atoms with van der Waals surface area (Å²) < 4.78 is 7.12. The summed E-state index contributed by atoms with van der Waals surface area (Å²) in [6, 6.07) is 9.65. The average molecular weight is 511 g/mol. The Labute approximate surface area is 214 Å². The van der Waals surface area contributed by atoms with E-state index >= 15 is 0 Å². The van der Waals surface area contributed by atoms with E-state index < -0.39 is 5.97 Å². The van der Waals surface area contributed by atoms with Gasteiger partial charge in [0, 0.05) is 22.9 Å². The van der Waals surface area contributed by atoms with Crippen LogP contribution in [0.25, 0.3) is 11.1 Å². The number of hydrogen-bond acceptors (Lipinski definition) is 7. The van der Waals surface area contributed by atoms with Crippen LogP contribution in [0.5, 0.6) is 0 Å². The van der Waals surface area contributed by atoms with Crippen LogP contribution in [0.3, 0.4) is 0 Å². The number of carbonyl (C=O) groups is 2. The molecule has 3 aromatic rings. The van der Waals surface area contributed by atoms with Crippen molar-refractivity contribution < 1.29 is 14.3 Å². The molecule has 184 valence electrons. The number of nitrogens with one attached hydrogen (secondary N) is 1. The Balaban J connectivity index is 1.51. The van der Waals surface area contributed by atoms with Gasteiger partial charge in [0.25, 0.3) is 0 Å². The van der Waals surface area contributed by atoms with Crippen LogP contribution in [0.1, 0.15) is 59.1 Å². The molecule has 0 aliphatic heterocycles. The first-order valence-corrected chi connectivity index (χ1v) is 13.6. The molecular formula is C26H30N4O3S2. The van der Waals surface area contributed by atoms with Gasteiger partial charge in [-0.05, 0) is 25.3 Å². The number of thioether (sulfide) groups is 1. The summed E-state index contributed by atoms with van der Waals surface area (Å²) in [6.45, 7) is 6.43. The monoisotopic (exact) mass is 510 g/mol. The first-order chi connectivity index (χ1) is 17.0. The highest BCUT2D eigenvalue weighted by Gasteiger charge is 2.26. The highest BCUT2D eigenvalue weighted by molar-refractivity contribution is 7.99. The summed E-state index contributed by atoms with van der Waals surface area (Å²) >= 11 is 2.72. The molecule has 0 radical (unpaired) electrons. The van der Waals surface area contributed by atoms with Crippen LogP contribution < -0.4 is 5.32 Å². The van der Waals surface area contributed by atoms with E-state index in [9.17, 15) is 9.59 Å². The molecule has 1 aromatic carbocycles. The topological polar surface area (TPSA) is 86.1 Å². The van der Waals surface area contributed by atoms with Crippen molar-refractivity contribution in [2.24, 2.45) is 0 Å². The Bertz CT molecular complexity index is 1200. The minimum Gasteiger partial charge on any atom is -0.465 e. The van der Waals surface area contributed by atoms with Gasteiger partial charge in [-0.3, -0.25) is 4.79 Å². The number of hydrogen-bond donors (Lipinski definition) is 1. The first kappa shape index (κ1) is 25.2. The van der Waals surface area contributed by atoms with Gasteiger partial charge in [0.2, 0.25) is 5.91 Å². The van der Waals surface area contributed by atoms with Crippen molar-refractivity contribution in [2.45, 2.75) is 56.6 Å². The number of methoxy groups -OCH3 is 1. The summed E-state index contributed by atoms with van der Waals surface area (Å²) in [4.78, 5) is 26.5. The van der Waals surface area contributed by atoms with Gasteiger partial charge < -0.3 is 14.6 Å². The third-order valence-corrected chi connectivity index (χ3v) is 8.14. The normalized spacial score (nSPS) is 14.0. The van der Waals surface area contributed by atoms with Crippen LogP contribution in [-0.2, 0) is 16.1 Å². The zero-order valence-electron chi connectivity index (χ0n) is 20.1. The fourth-order valence-corrected chi connectivity index (χ4v) is 6.38. The van der Waals surface area contributed by atoms with Crippen molar-refractivity contribution in [1.82, 2.24) is 14.8 Å². The van der Waals surface area contributed by atoms with Crippen molar-refractivity contribution >= 4 is 40.0 Å². The van der Waals surface area contributed by atoms with E-state index in [0.717, 1.165) is 34.7 Å². The molecule has 0 unspecified atom stereocenters. The second-order valence-electron chi connectivity index (χ2n) is 8.51. The number of ether oxygens (including phenoxy) is 1. The minimum atomic E-state index is -0.473. The number of carbonyl (C=O) groups excluding carboxylic acids is 2. The van der Waals surface area contributed by atoms with E-state index in [1.165, 1.54) is 49.5 Å². The lowest BCUT2D eigenvalue weighted by molar-refractivity contribution is -0.113. The third-order valence-electron chi connectivity index (χ3n) is 6.15. The molecule has 35 heavy (non-hydrogen) atoms. The molecule has 0 spiro atoms. The van der Waals surface area contributed by atoms with Gasteiger partial charge >= 0.3 is 5.97 Å². The zero-order chi connectivity index (χ0) is 24.8. The van der Waals surface area contributed by atoms with Crippen molar-refractivity contribution in [2.75, 3.05) is 18.2 Å². The number of allylic oxidation sites excluding steroid dienone is 1. The molecule has 2 aromatic heterocycles. The van der Waals surface area contributed by atoms with E-state index in [-0.39, 0.29) is 11.7 Å². The fourth-order valence-electron chi connectivity index (χ4n) is 4.55. The Hall–Kier alpha value is -2.91. The van der Waals surface area contributed by atoms with Crippen LogP contribution in [-0.4, -0.2) is 39.5 Å². The first-order valence-electron chi connectivity index (χ1n) is 11.8. The molecule has 9 heteroatoms. The molecule has 0 bridgehead atoms. The summed E-state index contributed by atoms with van der Waals surface area (Å²) in [5, 5.41) is 13.0. The Kier molecular flexibility index (Phi) is 8.41. The number of thiophene rings is 1. The molecule has 1 saturated carbocycles. The maximum Gasteiger partial charge on any atom is 0.341 e. The van der Waals surface area contributed by atoms with Crippen LogP contribution in [0.2, 0.25) is 0 Å². The SMILES string of the molecule is C=CCn1c(SCC(=O)Nc2sc(C)c(-c3ccccc3)c2C(=O)OC)nnc1C1CCCCC1. The van der Waals surface area contributed by atoms with Crippen molar-refractivity contribution in [1.29, 1.82) is 0 Å². The highest BCUT2D eigenvalue weighted by Crippen LogP contribution is 2.40. The third kappa shape index (κ3) is 5.67. The van der Waals surface area contributed by atoms with Gasteiger partial charge in [-0.25, -0.2) is 4.79 Å². The van der Waals surface area contributed by atoms with Crippen LogP contribution in [0.15, 0.2) is 48.1 Å². The number of anilines is 1. The Morgan fingerprint density at radius 1 is 1.23 bits per heavy atom. The number of rotatable bonds is 9. The standard InChI is InChI=1S/C26H30N4O3S2/c1-4-15-30-23(19-13-9-6-10-14-19)28-29-26(30)34-16-20(31)27-24-22(25(32)33-3)21(17(2)35-24)18-11-7-5-8-12-18/h4-5,7-8,11-12,19H,1,6,9-10,13-16H2,2-3H3,(H,27,31). The molecule has 1 aliphatic carbocycles. The van der Waals surface area contributed by atoms with Gasteiger partial charge in [0.1, 0.15) is 16.4 Å². The molecule has 0 saturated heterocycles. The number of benzene rings is 1. The number of esters is 1. The van der Waals surface area contributed by atoms with Crippen molar-refractivity contribution in [3.63, 3.8) is 0 Å². The molecule has 2 heterocycles. The molecule has 7 nitrogen and oxygen atoms in total. The molecule has 1 aliphatic rings. The van der Waals surface area contributed by atoms with E-state index in [4.69, 9.17) is 4.74 Å². The lowest BCUT2D eigenvalue weighted by atomic mass is 9.89. The van der Waals surface area contributed by atoms with Crippen LogP contribution >= 0.6 is 23.1 Å².